The summed E-state index contributed by atoms with van der Waals surface area (Å²) in [5.41, 5.74) is -0.887. The molecule has 0 aromatic carbocycles. The molecule has 220 valence electrons. The van der Waals surface area contributed by atoms with Crippen LogP contribution in [0.1, 0.15) is 98.1 Å². The van der Waals surface area contributed by atoms with Gasteiger partial charge < -0.3 is 19.3 Å². The van der Waals surface area contributed by atoms with Crippen molar-refractivity contribution in [2.24, 2.45) is 14.1 Å². The van der Waals surface area contributed by atoms with Gasteiger partial charge in [-0.05, 0) is 82.9 Å². The van der Waals surface area contributed by atoms with Crippen LogP contribution < -0.4 is 0 Å². The zero-order valence-electron chi connectivity index (χ0n) is 23.9. The number of aromatic nitrogens is 8. The number of aryl methyl sites for hydroxylation is 2. The quantitative estimate of drug-likeness (QED) is 0.546. The molecule has 0 atom stereocenters. The van der Waals surface area contributed by atoms with E-state index in [1.54, 1.807) is 21.5 Å². The summed E-state index contributed by atoms with van der Waals surface area (Å²) in [6, 6.07) is 0. The van der Waals surface area contributed by atoms with Gasteiger partial charge >= 0.3 is 12.2 Å². The van der Waals surface area contributed by atoms with Crippen molar-refractivity contribution < 1.29 is 19.1 Å². The Labute approximate surface area is 231 Å². The minimum absolute atomic E-state index is 0. The number of likely N-dealkylation sites (tertiary alicyclic amines) is 2. The van der Waals surface area contributed by atoms with Gasteiger partial charge in [-0.25, -0.2) is 14.3 Å². The van der Waals surface area contributed by atoms with Crippen LogP contribution in [0.3, 0.4) is 0 Å². The standard InChI is InChI=1S/2C12H21N5O2.CH4/c1-12(2,3)19-11(18)17-7-5-9(6-8-17)10-13-14-15-16(10)4;1-12(2,3)19-11(18)17-7-5-9(6-8-17)10-13-15-16(4)14-10;/h2*9H,5-8H2,1-4H3;1H4. The van der Waals surface area contributed by atoms with Gasteiger partial charge in [0.15, 0.2) is 11.6 Å². The zero-order chi connectivity index (χ0) is 28.1. The molecule has 0 spiro atoms. The number of carbonyl (C=O) groups excluding carboxylic acids is 2. The third-order valence-corrected chi connectivity index (χ3v) is 6.20. The first-order chi connectivity index (χ1) is 17.7. The Morgan fingerprint density at radius 2 is 1.21 bits per heavy atom. The van der Waals surface area contributed by atoms with Gasteiger partial charge in [0.2, 0.25) is 0 Å². The number of tetrazole rings is 2. The van der Waals surface area contributed by atoms with E-state index in [9.17, 15) is 9.59 Å². The zero-order valence-corrected chi connectivity index (χ0v) is 23.9. The van der Waals surface area contributed by atoms with Crippen LogP contribution in [0.25, 0.3) is 0 Å². The lowest BCUT2D eigenvalue weighted by Crippen LogP contribution is -2.41. The number of nitrogens with zero attached hydrogens (tertiary/aromatic N) is 10. The highest BCUT2D eigenvalue weighted by Gasteiger charge is 2.30. The Hall–Kier alpha value is -3.32. The molecule has 2 saturated heterocycles. The Morgan fingerprint density at radius 3 is 1.56 bits per heavy atom. The average Bonchev–Trinajstić information content (AvgIpc) is 3.45. The highest BCUT2D eigenvalue weighted by Crippen LogP contribution is 2.27. The van der Waals surface area contributed by atoms with E-state index in [0.717, 1.165) is 37.3 Å². The van der Waals surface area contributed by atoms with E-state index in [1.165, 1.54) is 4.80 Å². The molecule has 0 N–H and O–H groups in total. The van der Waals surface area contributed by atoms with Crippen molar-refractivity contribution in [1.29, 1.82) is 0 Å². The van der Waals surface area contributed by atoms with Gasteiger partial charge in [0, 0.05) is 45.1 Å². The maximum Gasteiger partial charge on any atom is 0.410 e. The van der Waals surface area contributed by atoms with Crippen LogP contribution in [0, 0.1) is 0 Å². The van der Waals surface area contributed by atoms with E-state index in [-0.39, 0.29) is 25.5 Å². The van der Waals surface area contributed by atoms with Crippen LogP contribution in [0.2, 0.25) is 0 Å². The first-order valence-corrected chi connectivity index (χ1v) is 13.1. The molecular weight excluding hydrogens is 504 g/mol. The molecule has 14 nitrogen and oxygen atoms in total. The summed E-state index contributed by atoms with van der Waals surface area (Å²) in [5.74, 6) is 2.27. The summed E-state index contributed by atoms with van der Waals surface area (Å²) in [5, 5.41) is 23.6. The molecular formula is C25H46N10O4. The second-order valence-electron chi connectivity index (χ2n) is 11.8. The number of amides is 2. The molecule has 2 aliphatic heterocycles. The summed E-state index contributed by atoms with van der Waals surface area (Å²) in [6.07, 6.45) is 2.97. The van der Waals surface area contributed by atoms with Gasteiger partial charge in [-0.15, -0.1) is 15.3 Å². The van der Waals surface area contributed by atoms with Gasteiger partial charge in [0.1, 0.15) is 11.2 Å². The highest BCUT2D eigenvalue weighted by molar-refractivity contribution is 5.68. The molecule has 2 aromatic rings. The second-order valence-corrected chi connectivity index (χ2v) is 11.8. The number of hydrogen-bond donors (Lipinski definition) is 0. The molecule has 2 aromatic heterocycles. The lowest BCUT2D eigenvalue weighted by Gasteiger charge is -2.32. The van der Waals surface area contributed by atoms with Crippen LogP contribution in [-0.4, -0.2) is 99.8 Å². The van der Waals surface area contributed by atoms with Crippen molar-refractivity contribution in [3.63, 3.8) is 0 Å². The molecule has 0 radical (unpaired) electrons. The Balaban J connectivity index is 0.000000267. The van der Waals surface area contributed by atoms with E-state index in [1.807, 2.05) is 48.6 Å². The molecule has 0 saturated carbocycles. The molecule has 0 bridgehead atoms. The van der Waals surface area contributed by atoms with Gasteiger partial charge in [-0.3, -0.25) is 0 Å². The first kappa shape index (κ1) is 31.9. The molecule has 4 heterocycles. The third-order valence-electron chi connectivity index (χ3n) is 6.20. The maximum atomic E-state index is 11.9. The lowest BCUT2D eigenvalue weighted by atomic mass is 9.96. The van der Waals surface area contributed by atoms with E-state index in [4.69, 9.17) is 9.47 Å². The molecule has 2 aliphatic rings. The van der Waals surface area contributed by atoms with Gasteiger partial charge in [0.05, 0.1) is 7.05 Å². The van der Waals surface area contributed by atoms with Gasteiger partial charge in [-0.1, -0.05) is 7.43 Å². The van der Waals surface area contributed by atoms with Crippen LogP contribution in [0.15, 0.2) is 0 Å². The molecule has 0 aliphatic carbocycles. The smallest absolute Gasteiger partial charge is 0.410 e. The molecule has 4 rings (SSSR count). The average molecular weight is 551 g/mol. The first-order valence-electron chi connectivity index (χ1n) is 13.1. The Morgan fingerprint density at radius 1 is 0.744 bits per heavy atom. The van der Waals surface area contributed by atoms with Gasteiger partial charge in [-0.2, -0.15) is 4.80 Å². The third kappa shape index (κ3) is 9.74. The predicted octanol–water partition coefficient (Wildman–Crippen LogP) is 3.29. The summed E-state index contributed by atoms with van der Waals surface area (Å²) in [7, 11) is 3.60. The fourth-order valence-electron chi connectivity index (χ4n) is 4.34. The number of rotatable bonds is 2. The van der Waals surface area contributed by atoms with Crippen molar-refractivity contribution in [1.82, 2.24) is 50.2 Å². The van der Waals surface area contributed by atoms with Crippen LogP contribution >= 0.6 is 0 Å². The SMILES string of the molecule is C.Cn1nnc(C2CCN(C(=O)OC(C)(C)C)CC2)n1.Cn1nnnc1C1CCN(C(=O)OC(C)(C)C)CC1. The van der Waals surface area contributed by atoms with Crippen molar-refractivity contribution in [2.75, 3.05) is 26.2 Å². The Bertz CT molecular complexity index is 1060. The second kappa shape index (κ2) is 13.2. The largest absolute Gasteiger partial charge is 0.444 e. The fraction of sp³-hybridized carbons (Fsp3) is 0.840. The summed E-state index contributed by atoms with van der Waals surface area (Å²) >= 11 is 0. The van der Waals surface area contributed by atoms with E-state index in [0.29, 0.717) is 32.1 Å². The van der Waals surface area contributed by atoms with Crippen LogP contribution in [0.4, 0.5) is 9.59 Å². The molecule has 0 unspecified atom stereocenters. The van der Waals surface area contributed by atoms with Crippen molar-refractivity contribution >= 4 is 12.2 Å². The number of carbonyl (C=O) groups is 2. The van der Waals surface area contributed by atoms with Crippen LogP contribution in [-0.2, 0) is 23.6 Å². The monoisotopic (exact) mass is 550 g/mol. The number of hydrogen-bond acceptors (Lipinski definition) is 10. The molecule has 14 heteroatoms. The molecule has 39 heavy (non-hydrogen) atoms. The summed E-state index contributed by atoms with van der Waals surface area (Å²) < 4.78 is 12.4. The number of piperidine rings is 2. The van der Waals surface area contributed by atoms with E-state index >= 15 is 0 Å². The lowest BCUT2D eigenvalue weighted by molar-refractivity contribution is 0.0192. The fourth-order valence-corrected chi connectivity index (χ4v) is 4.34. The maximum absolute atomic E-state index is 11.9. The minimum atomic E-state index is -0.444. The summed E-state index contributed by atoms with van der Waals surface area (Å²) in [6.45, 7) is 14.0. The topological polar surface area (TPSA) is 146 Å². The van der Waals surface area contributed by atoms with Crippen LogP contribution in [0.5, 0.6) is 0 Å². The van der Waals surface area contributed by atoms with Crippen molar-refractivity contribution in [3.8, 4) is 0 Å². The van der Waals surface area contributed by atoms with Gasteiger partial charge in [0.25, 0.3) is 0 Å². The van der Waals surface area contributed by atoms with Crippen molar-refractivity contribution in [2.45, 2.75) is 97.7 Å². The molecule has 2 fully saturated rings. The van der Waals surface area contributed by atoms with Crippen molar-refractivity contribution in [3.05, 3.63) is 11.6 Å². The highest BCUT2D eigenvalue weighted by atomic mass is 16.6. The number of ether oxygens (including phenoxy) is 2. The van der Waals surface area contributed by atoms with E-state index in [2.05, 4.69) is 30.9 Å². The van der Waals surface area contributed by atoms with E-state index < -0.39 is 11.2 Å². The molecule has 2 amide bonds. The Kier molecular flexibility index (Phi) is 10.8. The minimum Gasteiger partial charge on any atom is -0.444 e. The summed E-state index contributed by atoms with van der Waals surface area (Å²) in [4.78, 5) is 28.8. The predicted molar refractivity (Wildman–Crippen MR) is 144 cm³/mol. The normalized spacial score (nSPS) is 17.1.